The maximum Gasteiger partial charge on any atom is 0.254 e. The number of benzene rings is 3. The minimum atomic E-state index is -0.298. The molecule has 0 atom stereocenters. The first-order valence-corrected chi connectivity index (χ1v) is 10.4. The smallest absolute Gasteiger partial charge is 0.254 e. The van der Waals surface area contributed by atoms with E-state index in [2.05, 4.69) is 5.32 Å². The number of amides is 2. The average Bonchev–Trinajstić information content (AvgIpc) is 2.83. The molecule has 1 aliphatic heterocycles. The van der Waals surface area contributed by atoms with Crippen molar-refractivity contribution in [1.82, 2.24) is 4.90 Å². The van der Waals surface area contributed by atoms with Crippen LogP contribution in [0.3, 0.4) is 0 Å². The van der Waals surface area contributed by atoms with Crippen LogP contribution in [0.2, 0.25) is 0 Å². The first kappa shape index (κ1) is 21.2. The van der Waals surface area contributed by atoms with Crippen LogP contribution in [0, 0.1) is 0 Å². The van der Waals surface area contributed by atoms with Gasteiger partial charge in [0.05, 0.1) is 0 Å². The number of likely N-dealkylation sites (N-methyl/N-ethyl adjacent to an activating group) is 1. The molecule has 0 aromatic heterocycles. The van der Waals surface area contributed by atoms with Crippen LogP contribution in [0.4, 0.5) is 5.69 Å². The highest BCUT2D eigenvalue weighted by Gasteiger charge is 2.19. The molecule has 32 heavy (non-hydrogen) atoms. The van der Waals surface area contributed by atoms with Crippen molar-refractivity contribution in [2.45, 2.75) is 6.92 Å². The van der Waals surface area contributed by atoms with Gasteiger partial charge < -0.3 is 24.4 Å². The highest BCUT2D eigenvalue weighted by Crippen LogP contribution is 2.32. The second kappa shape index (κ2) is 9.87. The van der Waals surface area contributed by atoms with Crippen molar-refractivity contribution in [3.8, 4) is 23.0 Å². The second-order valence-corrected chi connectivity index (χ2v) is 7.17. The zero-order chi connectivity index (χ0) is 22.3. The highest BCUT2D eigenvalue weighted by atomic mass is 16.6. The predicted molar refractivity (Wildman–Crippen MR) is 121 cm³/mol. The Morgan fingerprint density at radius 2 is 1.66 bits per heavy atom. The maximum absolute atomic E-state index is 13.0. The number of fused-ring (bicyclic) bond motifs is 1. The summed E-state index contributed by atoms with van der Waals surface area (Å²) in [6, 6.07) is 21.5. The molecule has 0 saturated carbocycles. The van der Waals surface area contributed by atoms with Crippen LogP contribution in [0.1, 0.15) is 17.3 Å². The Kier molecular flexibility index (Phi) is 6.55. The lowest BCUT2D eigenvalue weighted by atomic mass is 10.2. The minimum Gasteiger partial charge on any atom is -0.486 e. The van der Waals surface area contributed by atoms with Gasteiger partial charge in [0.2, 0.25) is 5.91 Å². The zero-order valence-corrected chi connectivity index (χ0v) is 17.7. The lowest BCUT2D eigenvalue weighted by Crippen LogP contribution is -2.37. The summed E-state index contributed by atoms with van der Waals surface area (Å²) < 4.78 is 16.9. The van der Waals surface area contributed by atoms with Crippen molar-refractivity contribution >= 4 is 17.5 Å². The van der Waals surface area contributed by atoms with Gasteiger partial charge in [-0.25, -0.2) is 0 Å². The fraction of sp³-hybridized carbons (Fsp3) is 0.200. The van der Waals surface area contributed by atoms with E-state index in [0.717, 1.165) is 0 Å². The van der Waals surface area contributed by atoms with Crippen LogP contribution in [-0.2, 0) is 4.79 Å². The van der Waals surface area contributed by atoms with E-state index in [1.165, 1.54) is 4.90 Å². The molecule has 0 spiro atoms. The monoisotopic (exact) mass is 432 g/mol. The van der Waals surface area contributed by atoms with Gasteiger partial charge in [0, 0.05) is 23.9 Å². The molecule has 0 radical (unpaired) electrons. The number of anilines is 1. The molecular weight excluding hydrogens is 408 g/mol. The van der Waals surface area contributed by atoms with E-state index in [9.17, 15) is 9.59 Å². The summed E-state index contributed by atoms with van der Waals surface area (Å²) in [4.78, 5) is 27.1. The number of carbonyl (C=O) groups excluding carboxylic acids is 2. The molecule has 3 aromatic rings. The Balaban J connectivity index is 1.40. The average molecular weight is 432 g/mol. The number of carbonyl (C=O) groups is 2. The van der Waals surface area contributed by atoms with E-state index in [1.54, 1.807) is 42.5 Å². The topological polar surface area (TPSA) is 77.1 Å². The third-order valence-corrected chi connectivity index (χ3v) is 4.89. The first-order chi connectivity index (χ1) is 15.6. The molecule has 1 heterocycles. The first-order valence-electron chi connectivity index (χ1n) is 10.4. The molecule has 0 unspecified atom stereocenters. The third kappa shape index (κ3) is 5.18. The number of ether oxygens (including phenoxy) is 3. The zero-order valence-electron chi connectivity index (χ0n) is 17.7. The number of para-hydroxylation sites is 1. The summed E-state index contributed by atoms with van der Waals surface area (Å²) in [6.45, 7) is 3.11. The van der Waals surface area contributed by atoms with Crippen molar-refractivity contribution in [3.05, 3.63) is 78.4 Å². The largest absolute Gasteiger partial charge is 0.486 e. The normalized spacial score (nSPS) is 12.0. The number of nitrogens with one attached hydrogen (secondary N) is 1. The molecule has 1 N–H and O–H groups in total. The number of hydrogen-bond donors (Lipinski definition) is 1. The summed E-state index contributed by atoms with van der Waals surface area (Å²) in [5.74, 6) is 1.93. The number of hydrogen-bond acceptors (Lipinski definition) is 5. The van der Waals surface area contributed by atoms with Gasteiger partial charge in [-0.3, -0.25) is 9.59 Å². The van der Waals surface area contributed by atoms with Gasteiger partial charge in [-0.15, -0.1) is 0 Å². The van der Waals surface area contributed by atoms with Crippen molar-refractivity contribution in [2.75, 3.05) is 31.6 Å². The minimum absolute atomic E-state index is 0.0758. The lowest BCUT2D eigenvalue weighted by molar-refractivity contribution is -0.116. The van der Waals surface area contributed by atoms with Gasteiger partial charge in [0.25, 0.3) is 5.91 Å². The number of rotatable bonds is 7. The van der Waals surface area contributed by atoms with Crippen molar-refractivity contribution in [2.24, 2.45) is 0 Å². The van der Waals surface area contributed by atoms with E-state index in [-0.39, 0.29) is 18.4 Å². The van der Waals surface area contributed by atoms with Crippen LogP contribution >= 0.6 is 0 Å². The molecule has 7 nitrogen and oxygen atoms in total. The Labute approximate surface area is 186 Å². The van der Waals surface area contributed by atoms with Gasteiger partial charge in [0.15, 0.2) is 11.5 Å². The van der Waals surface area contributed by atoms with E-state index in [1.807, 2.05) is 37.3 Å². The fourth-order valence-electron chi connectivity index (χ4n) is 3.32. The van der Waals surface area contributed by atoms with E-state index >= 15 is 0 Å². The molecule has 164 valence electrons. The van der Waals surface area contributed by atoms with Gasteiger partial charge in [-0.1, -0.05) is 24.3 Å². The van der Waals surface area contributed by atoms with Crippen LogP contribution in [-0.4, -0.2) is 43.0 Å². The van der Waals surface area contributed by atoms with Gasteiger partial charge >= 0.3 is 0 Å². The Bertz CT molecular complexity index is 1100. The Morgan fingerprint density at radius 3 is 2.44 bits per heavy atom. The van der Waals surface area contributed by atoms with Crippen LogP contribution in [0.15, 0.2) is 72.8 Å². The molecule has 2 amide bonds. The molecule has 0 fully saturated rings. The Morgan fingerprint density at radius 1 is 0.906 bits per heavy atom. The lowest BCUT2D eigenvalue weighted by Gasteiger charge is -2.21. The van der Waals surface area contributed by atoms with Crippen LogP contribution in [0.5, 0.6) is 23.0 Å². The summed E-state index contributed by atoms with van der Waals surface area (Å²) >= 11 is 0. The molecule has 0 aliphatic carbocycles. The van der Waals surface area contributed by atoms with Crippen LogP contribution < -0.4 is 19.5 Å². The standard InChI is InChI=1S/C25H24N2O5/c1-2-27(17-24(28)26-19-11-12-22-23(16-19)31-14-13-30-22)25(29)18-7-6-10-21(15-18)32-20-8-4-3-5-9-20/h3-12,15-16H,2,13-14,17H2,1H3,(H,26,28). The summed E-state index contributed by atoms with van der Waals surface area (Å²) in [6.07, 6.45) is 0. The summed E-state index contributed by atoms with van der Waals surface area (Å²) in [5, 5.41) is 2.81. The third-order valence-electron chi connectivity index (χ3n) is 4.89. The van der Waals surface area contributed by atoms with E-state index in [0.29, 0.717) is 54.0 Å². The quantitative estimate of drug-likeness (QED) is 0.601. The molecule has 1 aliphatic rings. The number of nitrogens with zero attached hydrogens (tertiary/aromatic N) is 1. The maximum atomic E-state index is 13.0. The fourth-order valence-corrected chi connectivity index (χ4v) is 3.32. The summed E-state index contributed by atoms with van der Waals surface area (Å²) in [5.41, 5.74) is 1.04. The van der Waals surface area contributed by atoms with Crippen molar-refractivity contribution < 1.29 is 23.8 Å². The van der Waals surface area contributed by atoms with Gasteiger partial charge in [0.1, 0.15) is 31.3 Å². The predicted octanol–water partition coefficient (Wildman–Crippen LogP) is 4.35. The highest BCUT2D eigenvalue weighted by molar-refractivity contribution is 5.99. The van der Waals surface area contributed by atoms with Gasteiger partial charge in [-0.05, 0) is 49.4 Å². The molecule has 4 rings (SSSR count). The molecule has 0 bridgehead atoms. The van der Waals surface area contributed by atoms with Crippen molar-refractivity contribution in [1.29, 1.82) is 0 Å². The van der Waals surface area contributed by atoms with Gasteiger partial charge in [-0.2, -0.15) is 0 Å². The van der Waals surface area contributed by atoms with Crippen molar-refractivity contribution in [3.63, 3.8) is 0 Å². The molecule has 3 aromatic carbocycles. The molecular formula is C25H24N2O5. The van der Waals surface area contributed by atoms with E-state index < -0.39 is 0 Å². The second-order valence-electron chi connectivity index (χ2n) is 7.17. The summed E-state index contributed by atoms with van der Waals surface area (Å²) in [7, 11) is 0. The van der Waals surface area contributed by atoms with E-state index in [4.69, 9.17) is 14.2 Å². The van der Waals surface area contributed by atoms with Crippen LogP contribution in [0.25, 0.3) is 0 Å². The molecule has 7 heteroatoms. The molecule has 0 saturated heterocycles. The Hall–Kier alpha value is -4.00. The SMILES string of the molecule is CCN(CC(=O)Nc1ccc2c(c1)OCCO2)C(=O)c1cccc(Oc2ccccc2)c1.